The zero-order chi connectivity index (χ0) is 12.0. The molecule has 1 nitrogen and oxygen atoms in total. The second-order valence-corrected chi connectivity index (χ2v) is 4.29. The molecule has 0 radical (unpaired) electrons. The second kappa shape index (κ2) is 6.66. The molecule has 0 aromatic heterocycles. The topological polar surface area (TPSA) is 26.0 Å². The van der Waals surface area contributed by atoms with Crippen molar-refractivity contribution in [2.75, 3.05) is 0 Å². The van der Waals surface area contributed by atoms with Crippen molar-refractivity contribution >= 4 is 11.6 Å². The zero-order valence-corrected chi connectivity index (χ0v) is 10.0. The van der Waals surface area contributed by atoms with E-state index in [1.54, 1.807) is 12.1 Å². The first kappa shape index (κ1) is 13.2. The van der Waals surface area contributed by atoms with Gasteiger partial charge in [-0.3, -0.25) is 0 Å². The SMILES string of the molecule is C=CCCCC(N)Cc1c(F)cccc1Cl. The van der Waals surface area contributed by atoms with Gasteiger partial charge in [0.1, 0.15) is 5.82 Å². The van der Waals surface area contributed by atoms with Crippen LogP contribution in [-0.4, -0.2) is 6.04 Å². The summed E-state index contributed by atoms with van der Waals surface area (Å²) in [5, 5.41) is 0.458. The maximum atomic E-state index is 13.4. The Kier molecular flexibility index (Phi) is 5.50. The molecule has 0 bridgehead atoms. The Balaban J connectivity index is 2.55. The maximum Gasteiger partial charge on any atom is 0.127 e. The molecule has 2 N–H and O–H groups in total. The minimum absolute atomic E-state index is 0.0469. The van der Waals surface area contributed by atoms with Crippen LogP contribution in [0.15, 0.2) is 30.9 Å². The van der Waals surface area contributed by atoms with Gasteiger partial charge in [0.25, 0.3) is 0 Å². The van der Waals surface area contributed by atoms with Gasteiger partial charge in [-0.15, -0.1) is 6.58 Å². The lowest BCUT2D eigenvalue weighted by Crippen LogP contribution is -2.23. The highest BCUT2D eigenvalue weighted by Crippen LogP contribution is 2.21. The molecule has 88 valence electrons. The molecular formula is C13H17ClFN. The largest absolute Gasteiger partial charge is 0.327 e. The molecule has 1 aromatic rings. The van der Waals surface area contributed by atoms with E-state index in [-0.39, 0.29) is 11.9 Å². The molecule has 1 atom stereocenters. The van der Waals surface area contributed by atoms with E-state index in [4.69, 9.17) is 17.3 Å². The Bertz CT molecular complexity index is 332. The Labute approximate surface area is 101 Å². The van der Waals surface area contributed by atoms with Crippen LogP contribution in [0.1, 0.15) is 24.8 Å². The first-order chi connectivity index (χ1) is 7.65. The average molecular weight is 242 g/mol. The van der Waals surface area contributed by atoms with Gasteiger partial charge in [-0.25, -0.2) is 4.39 Å². The van der Waals surface area contributed by atoms with E-state index in [1.807, 2.05) is 6.08 Å². The molecule has 0 aliphatic carbocycles. The number of rotatable bonds is 6. The van der Waals surface area contributed by atoms with E-state index in [9.17, 15) is 4.39 Å². The fourth-order valence-corrected chi connectivity index (χ4v) is 1.86. The number of halogens is 2. The molecule has 0 saturated heterocycles. The summed E-state index contributed by atoms with van der Waals surface area (Å²) >= 11 is 5.92. The van der Waals surface area contributed by atoms with Gasteiger partial charge in [0.05, 0.1) is 0 Å². The summed E-state index contributed by atoms with van der Waals surface area (Å²) in [5.74, 6) is -0.272. The van der Waals surface area contributed by atoms with Crippen molar-refractivity contribution in [3.63, 3.8) is 0 Å². The van der Waals surface area contributed by atoms with Crippen LogP contribution in [-0.2, 0) is 6.42 Å². The number of hydrogen-bond donors (Lipinski definition) is 1. The minimum atomic E-state index is -0.272. The van der Waals surface area contributed by atoms with Gasteiger partial charge >= 0.3 is 0 Å². The van der Waals surface area contributed by atoms with Crippen molar-refractivity contribution in [2.45, 2.75) is 31.7 Å². The molecular weight excluding hydrogens is 225 g/mol. The Morgan fingerprint density at radius 2 is 2.25 bits per heavy atom. The second-order valence-electron chi connectivity index (χ2n) is 3.88. The predicted molar refractivity (Wildman–Crippen MR) is 67.1 cm³/mol. The summed E-state index contributed by atoms with van der Waals surface area (Å²) in [7, 11) is 0. The van der Waals surface area contributed by atoms with Crippen LogP contribution in [0.25, 0.3) is 0 Å². The summed E-state index contributed by atoms with van der Waals surface area (Å²) in [4.78, 5) is 0. The average Bonchev–Trinajstić information content (AvgIpc) is 2.24. The van der Waals surface area contributed by atoms with E-state index < -0.39 is 0 Å². The fourth-order valence-electron chi connectivity index (χ4n) is 1.62. The summed E-state index contributed by atoms with van der Waals surface area (Å²) in [6, 6.07) is 4.66. The Morgan fingerprint density at radius 3 is 2.88 bits per heavy atom. The van der Waals surface area contributed by atoms with Crippen LogP contribution in [0.5, 0.6) is 0 Å². The van der Waals surface area contributed by atoms with Gasteiger partial charge in [-0.05, 0) is 37.8 Å². The number of allylic oxidation sites excluding steroid dienone is 1. The van der Waals surface area contributed by atoms with Crippen molar-refractivity contribution in [1.82, 2.24) is 0 Å². The van der Waals surface area contributed by atoms with Gasteiger partial charge in [0.2, 0.25) is 0 Å². The molecule has 3 heteroatoms. The predicted octanol–water partition coefficient (Wildman–Crippen LogP) is 3.71. The molecule has 0 spiro atoms. The Hall–Kier alpha value is -0.860. The molecule has 0 heterocycles. The molecule has 1 unspecified atom stereocenters. The quantitative estimate of drug-likeness (QED) is 0.596. The van der Waals surface area contributed by atoms with Crippen molar-refractivity contribution in [3.05, 3.63) is 47.3 Å². The van der Waals surface area contributed by atoms with Crippen LogP contribution in [0.3, 0.4) is 0 Å². The first-order valence-corrected chi connectivity index (χ1v) is 5.82. The monoisotopic (exact) mass is 241 g/mol. The summed E-state index contributed by atoms with van der Waals surface area (Å²) in [5.41, 5.74) is 6.45. The lowest BCUT2D eigenvalue weighted by atomic mass is 10.0. The van der Waals surface area contributed by atoms with E-state index in [1.165, 1.54) is 6.07 Å². The molecule has 0 fully saturated rings. The van der Waals surface area contributed by atoms with Crippen LogP contribution in [0.2, 0.25) is 5.02 Å². The lowest BCUT2D eigenvalue weighted by molar-refractivity contribution is 0.554. The van der Waals surface area contributed by atoms with Gasteiger partial charge in [-0.2, -0.15) is 0 Å². The highest BCUT2D eigenvalue weighted by Gasteiger charge is 2.11. The van der Waals surface area contributed by atoms with Crippen LogP contribution >= 0.6 is 11.6 Å². The molecule has 0 aliphatic heterocycles. The van der Waals surface area contributed by atoms with Crippen molar-refractivity contribution in [3.8, 4) is 0 Å². The smallest absolute Gasteiger partial charge is 0.127 e. The van der Waals surface area contributed by atoms with Gasteiger partial charge in [-0.1, -0.05) is 23.7 Å². The van der Waals surface area contributed by atoms with Crippen molar-refractivity contribution in [2.24, 2.45) is 5.73 Å². The van der Waals surface area contributed by atoms with Crippen molar-refractivity contribution < 1.29 is 4.39 Å². The maximum absolute atomic E-state index is 13.4. The molecule has 1 rings (SSSR count). The van der Waals surface area contributed by atoms with E-state index in [0.717, 1.165) is 19.3 Å². The molecule has 0 saturated carbocycles. The number of benzene rings is 1. The van der Waals surface area contributed by atoms with Crippen LogP contribution in [0, 0.1) is 5.82 Å². The molecule has 16 heavy (non-hydrogen) atoms. The minimum Gasteiger partial charge on any atom is -0.327 e. The molecule has 1 aromatic carbocycles. The first-order valence-electron chi connectivity index (χ1n) is 5.44. The molecule has 0 aliphatic rings. The number of unbranched alkanes of at least 4 members (excludes halogenated alkanes) is 1. The summed E-state index contributed by atoms with van der Waals surface area (Å²) in [6.45, 7) is 3.65. The van der Waals surface area contributed by atoms with E-state index in [2.05, 4.69) is 6.58 Å². The van der Waals surface area contributed by atoms with Crippen LogP contribution in [0.4, 0.5) is 4.39 Å². The number of nitrogens with two attached hydrogens (primary N) is 1. The standard InChI is InChI=1S/C13H17ClFN/c1-2-3-4-6-10(16)9-11-12(14)7-5-8-13(11)15/h2,5,7-8,10H,1,3-4,6,9,16H2. The van der Waals surface area contributed by atoms with Gasteiger partial charge in [0.15, 0.2) is 0 Å². The summed E-state index contributed by atoms with van der Waals surface area (Å²) < 4.78 is 13.4. The zero-order valence-electron chi connectivity index (χ0n) is 9.26. The Morgan fingerprint density at radius 1 is 1.50 bits per heavy atom. The molecule has 0 amide bonds. The third-order valence-corrected chi connectivity index (χ3v) is 2.87. The van der Waals surface area contributed by atoms with E-state index in [0.29, 0.717) is 17.0 Å². The normalized spacial score (nSPS) is 12.4. The summed E-state index contributed by atoms with van der Waals surface area (Å²) in [6.07, 6.45) is 5.14. The third-order valence-electron chi connectivity index (χ3n) is 2.51. The lowest BCUT2D eigenvalue weighted by Gasteiger charge is -2.12. The highest BCUT2D eigenvalue weighted by atomic mass is 35.5. The third kappa shape index (κ3) is 3.95. The van der Waals surface area contributed by atoms with Gasteiger partial charge < -0.3 is 5.73 Å². The van der Waals surface area contributed by atoms with Crippen molar-refractivity contribution in [1.29, 1.82) is 0 Å². The van der Waals surface area contributed by atoms with Gasteiger partial charge in [0, 0.05) is 16.6 Å². The highest BCUT2D eigenvalue weighted by molar-refractivity contribution is 6.31. The van der Waals surface area contributed by atoms with Crippen LogP contribution < -0.4 is 5.73 Å². The van der Waals surface area contributed by atoms with E-state index >= 15 is 0 Å². The number of hydrogen-bond acceptors (Lipinski definition) is 1. The fraction of sp³-hybridized carbons (Fsp3) is 0.385.